The van der Waals surface area contributed by atoms with E-state index < -0.39 is 5.82 Å². The van der Waals surface area contributed by atoms with Gasteiger partial charge in [0, 0.05) is 37.1 Å². The summed E-state index contributed by atoms with van der Waals surface area (Å²) < 4.78 is 20.8. The number of halogens is 2. The first-order valence-corrected chi connectivity index (χ1v) is 14.3. The van der Waals surface area contributed by atoms with Gasteiger partial charge < -0.3 is 14.5 Å². The van der Waals surface area contributed by atoms with Crippen LogP contribution in [0, 0.1) is 5.82 Å². The van der Waals surface area contributed by atoms with E-state index in [2.05, 4.69) is 21.7 Å². The van der Waals surface area contributed by atoms with Crippen LogP contribution in [0.25, 0.3) is 33.1 Å². The van der Waals surface area contributed by atoms with Gasteiger partial charge in [0.1, 0.15) is 18.2 Å². The predicted octanol–water partition coefficient (Wildman–Crippen LogP) is 5.40. The molecule has 3 aliphatic heterocycles. The summed E-state index contributed by atoms with van der Waals surface area (Å²) in [4.78, 5) is 21.9. The maximum atomic E-state index is 14.4. The third-order valence-corrected chi connectivity index (χ3v) is 9.18. The number of ether oxygens (including phenoxy) is 1. The number of hydrogen-bond acceptors (Lipinski definition) is 7. The maximum absolute atomic E-state index is 14.4. The fourth-order valence-corrected chi connectivity index (χ4v) is 6.91. The van der Waals surface area contributed by atoms with E-state index in [1.165, 1.54) is 18.9 Å². The summed E-state index contributed by atoms with van der Waals surface area (Å²) in [6.45, 7) is 6.57. The zero-order valence-corrected chi connectivity index (χ0v) is 22.9. The number of aromatic nitrogens is 3. The van der Waals surface area contributed by atoms with Crippen LogP contribution in [0.4, 0.5) is 10.2 Å². The van der Waals surface area contributed by atoms with Crippen LogP contribution in [-0.2, 0) is 0 Å². The number of anilines is 1. The normalized spacial score (nSPS) is 19.7. The molecule has 7 nitrogen and oxygen atoms in total. The molecule has 5 heterocycles. The topological polar surface area (TPSA) is 57.6 Å². The molecule has 39 heavy (non-hydrogen) atoms. The molecule has 7 rings (SSSR count). The standard InChI is InChI=1S/C30H32ClFN6O/c1-36-15-17-37(18-16-36)28-22-8-10-24(21-6-2-5-20-7-9-23(32)26(31)25(20)21)33-27(22)34-29(35-28)39-19-30-11-3-13-38(30)14-4-12-30/h2,5-10H,3-4,11-19H2,1H3. The van der Waals surface area contributed by atoms with Crippen LogP contribution in [0.2, 0.25) is 5.02 Å². The summed E-state index contributed by atoms with van der Waals surface area (Å²) in [5.41, 5.74) is 2.13. The van der Waals surface area contributed by atoms with Crippen LogP contribution in [0.3, 0.4) is 0 Å². The highest BCUT2D eigenvalue weighted by Crippen LogP contribution is 2.40. The van der Waals surface area contributed by atoms with Gasteiger partial charge in [-0.05, 0) is 69.4 Å². The van der Waals surface area contributed by atoms with Crippen molar-refractivity contribution in [1.29, 1.82) is 0 Å². The van der Waals surface area contributed by atoms with Gasteiger partial charge in [-0.2, -0.15) is 9.97 Å². The highest BCUT2D eigenvalue weighted by molar-refractivity contribution is 6.36. The van der Waals surface area contributed by atoms with Crippen LogP contribution in [-0.4, -0.2) is 83.2 Å². The second kappa shape index (κ2) is 9.84. The van der Waals surface area contributed by atoms with Crippen LogP contribution in [0.1, 0.15) is 25.7 Å². The van der Waals surface area contributed by atoms with Crippen LogP contribution >= 0.6 is 11.6 Å². The molecule has 4 aromatic rings. The van der Waals surface area contributed by atoms with Crippen molar-refractivity contribution in [3.05, 3.63) is 53.3 Å². The lowest BCUT2D eigenvalue weighted by Crippen LogP contribution is -2.45. The third-order valence-electron chi connectivity index (χ3n) is 8.81. The van der Waals surface area contributed by atoms with E-state index in [9.17, 15) is 4.39 Å². The highest BCUT2D eigenvalue weighted by Gasteiger charge is 2.45. The molecule has 0 atom stereocenters. The molecule has 9 heteroatoms. The van der Waals surface area contributed by atoms with Gasteiger partial charge in [0.25, 0.3) is 0 Å². The monoisotopic (exact) mass is 546 g/mol. The summed E-state index contributed by atoms with van der Waals surface area (Å²) in [7, 11) is 2.14. The first kappa shape index (κ1) is 24.9. The minimum atomic E-state index is -0.444. The van der Waals surface area contributed by atoms with Gasteiger partial charge in [-0.3, -0.25) is 4.90 Å². The number of pyridine rings is 1. The minimum absolute atomic E-state index is 0.103. The lowest BCUT2D eigenvalue weighted by atomic mass is 9.95. The molecular weight excluding hydrogens is 515 g/mol. The number of piperazine rings is 1. The Bertz CT molecular complexity index is 1550. The summed E-state index contributed by atoms with van der Waals surface area (Å²) in [6.07, 6.45) is 4.75. The van der Waals surface area contributed by atoms with E-state index in [0.29, 0.717) is 29.3 Å². The molecule has 0 N–H and O–H groups in total. The van der Waals surface area contributed by atoms with Crippen molar-refractivity contribution in [2.24, 2.45) is 0 Å². The van der Waals surface area contributed by atoms with Gasteiger partial charge in [0.05, 0.1) is 21.6 Å². The number of nitrogens with zero attached hydrogens (tertiary/aromatic N) is 6. The van der Waals surface area contributed by atoms with Gasteiger partial charge in [-0.25, -0.2) is 9.37 Å². The molecule has 0 bridgehead atoms. The first-order chi connectivity index (χ1) is 19.0. The molecule has 2 aromatic carbocycles. The summed E-state index contributed by atoms with van der Waals surface area (Å²) in [5, 5.41) is 2.50. The summed E-state index contributed by atoms with van der Waals surface area (Å²) in [5.74, 6) is 0.413. The lowest BCUT2D eigenvalue weighted by Gasteiger charge is -2.34. The zero-order chi connectivity index (χ0) is 26.6. The Balaban J connectivity index is 1.31. The number of likely N-dealkylation sites (N-methyl/N-ethyl adjacent to an activating group) is 1. The molecule has 0 unspecified atom stereocenters. The molecule has 0 saturated carbocycles. The zero-order valence-electron chi connectivity index (χ0n) is 22.2. The van der Waals surface area contributed by atoms with Crippen molar-refractivity contribution in [1.82, 2.24) is 24.8 Å². The van der Waals surface area contributed by atoms with Gasteiger partial charge >= 0.3 is 6.01 Å². The van der Waals surface area contributed by atoms with Crippen molar-refractivity contribution in [3.63, 3.8) is 0 Å². The molecule has 2 aromatic heterocycles. The fraction of sp³-hybridized carbons (Fsp3) is 0.433. The second-order valence-electron chi connectivity index (χ2n) is 11.2. The van der Waals surface area contributed by atoms with Gasteiger partial charge in [0.15, 0.2) is 5.65 Å². The van der Waals surface area contributed by atoms with Gasteiger partial charge in [-0.15, -0.1) is 0 Å². The molecule has 3 fully saturated rings. The third kappa shape index (κ3) is 4.39. The van der Waals surface area contributed by atoms with Gasteiger partial charge in [-0.1, -0.05) is 35.9 Å². The van der Waals surface area contributed by atoms with E-state index in [-0.39, 0.29) is 10.6 Å². The molecule has 0 aliphatic carbocycles. The Kier molecular flexibility index (Phi) is 6.29. The van der Waals surface area contributed by atoms with E-state index in [1.807, 2.05) is 30.3 Å². The Morgan fingerprint density at radius 1 is 0.923 bits per heavy atom. The Hall–Kier alpha value is -3.07. The lowest BCUT2D eigenvalue weighted by molar-refractivity contribution is 0.108. The molecule has 3 saturated heterocycles. The average molecular weight is 547 g/mol. The number of fused-ring (bicyclic) bond motifs is 3. The Labute approximate surface area is 232 Å². The van der Waals surface area contributed by atoms with Crippen LogP contribution in [0.15, 0.2) is 42.5 Å². The van der Waals surface area contributed by atoms with Crippen molar-refractivity contribution in [2.45, 2.75) is 31.2 Å². The first-order valence-electron chi connectivity index (χ1n) is 13.9. The Morgan fingerprint density at radius 3 is 2.51 bits per heavy atom. The molecule has 0 radical (unpaired) electrons. The average Bonchev–Trinajstić information content (AvgIpc) is 3.54. The number of rotatable bonds is 5. The van der Waals surface area contributed by atoms with E-state index in [0.717, 1.165) is 74.3 Å². The van der Waals surface area contributed by atoms with Crippen molar-refractivity contribution >= 4 is 39.2 Å². The maximum Gasteiger partial charge on any atom is 0.320 e. The summed E-state index contributed by atoms with van der Waals surface area (Å²) in [6, 6.07) is 13.3. The quantitative estimate of drug-likeness (QED) is 0.332. The highest BCUT2D eigenvalue weighted by atomic mass is 35.5. The fourth-order valence-electron chi connectivity index (χ4n) is 6.63. The molecule has 202 valence electrons. The smallest absolute Gasteiger partial charge is 0.320 e. The number of benzene rings is 2. The number of hydrogen-bond donors (Lipinski definition) is 0. The predicted molar refractivity (Wildman–Crippen MR) is 153 cm³/mol. The van der Waals surface area contributed by atoms with Crippen molar-refractivity contribution in [3.8, 4) is 17.3 Å². The summed E-state index contributed by atoms with van der Waals surface area (Å²) >= 11 is 6.45. The Morgan fingerprint density at radius 2 is 1.72 bits per heavy atom. The molecule has 0 amide bonds. The van der Waals surface area contributed by atoms with Crippen molar-refractivity contribution in [2.75, 3.05) is 57.8 Å². The van der Waals surface area contributed by atoms with E-state index in [1.54, 1.807) is 6.07 Å². The SMILES string of the molecule is CN1CCN(c2nc(OCC34CCCN3CCC4)nc3nc(-c4cccc5ccc(F)c(Cl)c45)ccc23)CC1. The molecule has 3 aliphatic rings. The van der Waals surface area contributed by atoms with Crippen molar-refractivity contribution < 1.29 is 9.13 Å². The second-order valence-corrected chi connectivity index (χ2v) is 11.5. The van der Waals surface area contributed by atoms with Gasteiger partial charge in [0.2, 0.25) is 0 Å². The van der Waals surface area contributed by atoms with Crippen LogP contribution in [0.5, 0.6) is 6.01 Å². The van der Waals surface area contributed by atoms with E-state index >= 15 is 0 Å². The minimum Gasteiger partial charge on any atom is -0.461 e. The molecular formula is C30H32ClFN6O. The largest absolute Gasteiger partial charge is 0.461 e. The van der Waals surface area contributed by atoms with Crippen LogP contribution < -0.4 is 9.64 Å². The molecule has 0 spiro atoms. The van der Waals surface area contributed by atoms with E-state index in [4.69, 9.17) is 31.3 Å².